The summed E-state index contributed by atoms with van der Waals surface area (Å²) in [6, 6.07) is 10.6. The van der Waals surface area contributed by atoms with Crippen LogP contribution in [0.2, 0.25) is 0 Å². The molecule has 1 amide bonds. The van der Waals surface area contributed by atoms with Crippen LogP contribution >= 0.6 is 11.3 Å². The molecule has 1 N–H and O–H groups in total. The van der Waals surface area contributed by atoms with Crippen LogP contribution < -0.4 is 10.1 Å². The van der Waals surface area contributed by atoms with Crippen molar-refractivity contribution in [3.8, 4) is 5.75 Å². The highest BCUT2D eigenvalue weighted by atomic mass is 32.1. The summed E-state index contributed by atoms with van der Waals surface area (Å²) >= 11 is 1.55. The molecule has 22 heavy (non-hydrogen) atoms. The van der Waals surface area contributed by atoms with E-state index in [0.29, 0.717) is 24.5 Å². The van der Waals surface area contributed by atoms with Crippen molar-refractivity contribution in [3.05, 3.63) is 52.2 Å². The van der Waals surface area contributed by atoms with Crippen molar-refractivity contribution in [2.75, 3.05) is 13.2 Å². The molecule has 0 aliphatic carbocycles. The van der Waals surface area contributed by atoms with E-state index in [0.717, 1.165) is 4.88 Å². The molecule has 6 heteroatoms. The summed E-state index contributed by atoms with van der Waals surface area (Å²) in [5.74, 6) is -0.458. The summed E-state index contributed by atoms with van der Waals surface area (Å²) in [6.45, 7) is 2.40. The number of hydrogen-bond donors (Lipinski definition) is 1. The molecule has 0 saturated heterocycles. The van der Waals surface area contributed by atoms with E-state index in [4.69, 9.17) is 9.47 Å². The van der Waals surface area contributed by atoms with Crippen LogP contribution in [0.25, 0.3) is 0 Å². The summed E-state index contributed by atoms with van der Waals surface area (Å²) in [6.07, 6.45) is 0. The van der Waals surface area contributed by atoms with Crippen LogP contribution in [0.1, 0.15) is 22.2 Å². The summed E-state index contributed by atoms with van der Waals surface area (Å²) in [7, 11) is 0. The zero-order valence-electron chi connectivity index (χ0n) is 12.2. The maximum Gasteiger partial charge on any atom is 0.342 e. The van der Waals surface area contributed by atoms with Crippen molar-refractivity contribution < 1.29 is 19.1 Å². The van der Waals surface area contributed by atoms with Crippen molar-refractivity contribution in [1.82, 2.24) is 5.32 Å². The predicted molar refractivity (Wildman–Crippen MR) is 84.1 cm³/mol. The quantitative estimate of drug-likeness (QED) is 0.797. The van der Waals surface area contributed by atoms with Gasteiger partial charge in [0.2, 0.25) is 0 Å². The number of thiophene rings is 1. The Morgan fingerprint density at radius 2 is 2.00 bits per heavy atom. The molecular weight excluding hydrogens is 302 g/mol. The Bertz CT molecular complexity index is 625. The number of carbonyl (C=O) groups is 2. The topological polar surface area (TPSA) is 64.6 Å². The number of amides is 1. The number of rotatable bonds is 7. The highest BCUT2D eigenvalue weighted by molar-refractivity contribution is 7.09. The predicted octanol–water partition coefficient (Wildman–Crippen LogP) is 2.62. The van der Waals surface area contributed by atoms with Crippen molar-refractivity contribution in [2.45, 2.75) is 13.5 Å². The molecule has 2 aromatic rings. The van der Waals surface area contributed by atoms with E-state index in [1.807, 2.05) is 24.4 Å². The van der Waals surface area contributed by atoms with Crippen molar-refractivity contribution in [2.24, 2.45) is 0 Å². The fourth-order valence-electron chi connectivity index (χ4n) is 1.78. The van der Waals surface area contributed by atoms with Crippen LogP contribution in [0.15, 0.2) is 41.8 Å². The van der Waals surface area contributed by atoms with E-state index in [1.165, 1.54) is 0 Å². The molecule has 0 aliphatic heterocycles. The molecule has 1 aromatic carbocycles. The number of para-hydroxylation sites is 1. The number of benzene rings is 1. The lowest BCUT2D eigenvalue weighted by Crippen LogP contribution is -2.28. The summed E-state index contributed by atoms with van der Waals surface area (Å²) < 4.78 is 10.4. The van der Waals surface area contributed by atoms with Gasteiger partial charge in [-0.3, -0.25) is 4.79 Å². The first kappa shape index (κ1) is 16.0. The first-order valence-electron chi connectivity index (χ1n) is 6.88. The molecule has 5 nitrogen and oxygen atoms in total. The summed E-state index contributed by atoms with van der Waals surface area (Å²) in [4.78, 5) is 24.7. The van der Waals surface area contributed by atoms with E-state index in [-0.39, 0.29) is 12.5 Å². The van der Waals surface area contributed by atoms with E-state index in [2.05, 4.69) is 5.32 Å². The molecule has 2 rings (SSSR count). The van der Waals surface area contributed by atoms with Gasteiger partial charge in [0, 0.05) is 4.88 Å². The highest BCUT2D eigenvalue weighted by Gasteiger charge is 2.14. The zero-order chi connectivity index (χ0) is 15.8. The Morgan fingerprint density at radius 1 is 1.18 bits per heavy atom. The fraction of sp³-hybridized carbons (Fsp3) is 0.250. The molecule has 0 aliphatic rings. The molecular formula is C16H17NO4S. The van der Waals surface area contributed by atoms with Gasteiger partial charge in [-0.25, -0.2) is 4.79 Å². The monoisotopic (exact) mass is 319 g/mol. The molecule has 1 heterocycles. The molecule has 0 saturated carbocycles. The second-order valence-electron chi connectivity index (χ2n) is 4.36. The first-order valence-corrected chi connectivity index (χ1v) is 7.76. The Hall–Kier alpha value is -2.34. The Morgan fingerprint density at radius 3 is 2.73 bits per heavy atom. The number of nitrogens with one attached hydrogen (secondary N) is 1. The van der Waals surface area contributed by atoms with Gasteiger partial charge in [-0.1, -0.05) is 18.2 Å². The maximum atomic E-state index is 12.0. The molecule has 0 unspecified atom stereocenters. The van der Waals surface area contributed by atoms with Crippen LogP contribution in [0.5, 0.6) is 5.75 Å². The lowest BCUT2D eigenvalue weighted by atomic mass is 10.2. The minimum atomic E-state index is -0.574. The molecule has 0 bridgehead atoms. The van der Waals surface area contributed by atoms with Gasteiger partial charge in [0.15, 0.2) is 6.61 Å². The molecule has 0 fully saturated rings. The van der Waals surface area contributed by atoms with Crippen molar-refractivity contribution in [3.63, 3.8) is 0 Å². The molecule has 116 valence electrons. The van der Waals surface area contributed by atoms with Gasteiger partial charge < -0.3 is 14.8 Å². The van der Waals surface area contributed by atoms with Crippen LogP contribution in [0, 0.1) is 0 Å². The third-order valence-corrected chi connectivity index (χ3v) is 3.66. The van der Waals surface area contributed by atoms with Gasteiger partial charge in [0.25, 0.3) is 5.91 Å². The third-order valence-electron chi connectivity index (χ3n) is 2.78. The van der Waals surface area contributed by atoms with Crippen LogP contribution in [0.4, 0.5) is 0 Å². The molecule has 1 aromatic heterocycles. The number of ether oxygens (including phenoxy) is 2. The van der Waals surface area contributed by atoms with E-state index in [1.54, 1.807) is 35.6 Å². The summed E-state index contributed by atoms with van der Waals surface area (Å²) in [5.41, 5.74) is 0.315. The molecule has 0 atom stereocenters. The van der Waals surface area contributed by atoms with E-state index >= 15 is 0 Å². The van der Waals surface area contributed by atoms with Gasteiger partial charge in [-0.05, 0) is 30.5 Å². The van der Waals surface area contributed by atoms with E-state index in [9.17, 15) is 9.59 Å². The first-order chi connectivity index (χ1) is 10.7. The van der Waals surface area contributed by atoms with Gasteiger partial charge in [0.1, 0.15) is 11.3 Å². The zero-order valence-corrected chi connectivity index (χ0v) is 13.0. The van der Waals surface area contributed by atoms with Gasteiger partial charge in [-0.2, -0.15) is 0 Å². The number of hydrogen-bond acceptors (Lipinski definition) is 5. The Balaban J connectivity index is 1.83. The van der Waals surface area contributed by atoms with Crippen molar-refractivity contribution in [1.29, 1.82) is 0 Å². The van der Waals surface area contributed by atoms with Gasteiger partial charge in [-0.15, -0.1) is 11.3 Å². The lowest BCUT2D eigenvalue weighted by Gasteiger charge is -2.09. The fourth-order valence-corrected chi connectivity index (χ4v) is 2.42. The Labute approximate surface area is 132 Å². The van der Waals surface area contributed by atoms with Crippen molar-refractivity contribution >= 4 is 23.2 Å². The number of esters is 1. The highest BCUT2D eigenvalue weighted by Crippen LogP contribution is 2.18. The maximum absolute atomic E-state index is 12.0. The Kier molecular flexibility index (Phi) is 5.97. The third kappa shape index (κ3) is 4.60. The standard InChI is InChI=1S/C16H17NO4S/c1-2-20-14-8-4-3-7-13(14)16(19)21-11-15(18)17-10-12-6-5-9-22-12/h3-9H,2,10-11H2,1H3,(H,17,18). The minimum Gasteiger partial charge on any atom is -0.493 e. The van der Waals surface area contributed by atoms with Gasteiger partial charge >= 0.3 is 5.97 Å². The molecule has 0 spiro atoms. The largest absolute Gasteiger partial charge is 0.493 e. The van der Waals surface area contributed by atoms with Crippen LogP contribution in [-0.4, -0.2) is 25.1 Å². The average molecular weight is 319 g/mol. The van der Waals surface area contributed by atoms with Crippen LogP contribution in [-0.2, 0) is 16.1 Å². The smallest absolute Gasteiger partial charge is 0.342 e. The molecule has 0 radical (unpaired) electrons. The second-order valence-corrected chi connectivity index (χ2v) is 5.39. The average Bonchev–Trinajstić information content (AvgIpc) is 3.05. The SMILES string of the molecule is CCOc1ccccc1C(=O)OCC(=O)NCc1cccs1. The summed E-state index contributed by atoms with van der Waals surface area (Å²) in [5, 5.41) is 4.63. The van der Waals surface area contributed by atoms with Crippen LogP contribution in [0.3, 0.4) is 0 Å². The lowest BCUT2D eigenvalue weighted by molar-refractivity contribution is -0.124. The normalized spacial score (nSPS) is 10.0. The second kappa shape index (κ2) is 8.19. The minimum absolute atomic E-state index is 0.315. The number of carbonyl (C=O) groups excluding carboxylic acids is 2. The van der Waals surface area contributed by atoms with E-state index < -0.39 is 5.97 Å². The van der Waals surface area contributed by atoms with Gasteiger partial charge in [0.05, 0.1) is 13.2 Å².